The van der Waals surface area contributed by atoms with Gasteiger partial charge < -0.3 is 19.6 Å². The van der Waals surface area contributed by atoms with Crippen molar-refractivity contribution in [1.82, 2.24) is 5.32 Å². The summed E-state index contributed by atoms with van der Waals surface area (Å²) in [5.41, 5.74) is -0.633. The van der Waals surface area contributed by atoms with Crippen LogP contribution in [0, 0.1) is 5.92 Å². The second-order valence-corrected chi connectivity index (χ2v) is 20.0. The van der Waals surface area contributed by atoms with E-state index in [0.29, 0.717) is 6.42 Å². The molecule has 2 atom stereocenters. The van der Waals surface area contributed by atoms with Crippen molar-refractivity contribution in [1.29, 1.82) is 0 Å². The van der Waals surface area contributed by atoms with E-state index in [0.717, 1.165) is 18.8 Å². The van der Waals surface area contributed by atoms with Crippen LogP contribution in [0.2, 0.25) is 5.04 Å². The first-order chi connectivity index (χ1) is 21.8. The second-order valence-electron chi connectivity index (χ2n) is 15.7. The molecule has 2 rings (SSSR count). The van der Waals surface area contributed by atoms with Crippen LogP contribution in [0.25, 0.3) is 0 Å². The first-order valence-corrected chi connectivity index (χ1v) is 20.1. The van der Waals surface area contributed by atoms with Crippen molar-refractivity contribution in [2.75, 3.05) is 6.61 Å². The maximum absolute atomic E-state index is 12.9. The molecule has 0 heterocycles. The molecule has 0 fully saturated rings. The minimum atomic E-state index is -2.83. The summed E-state index contributed by atoms with van der Waals surface area (Å²) in [4.78, 5) is 12.9. The third-order valence-corrected chi connectivity index (χ3v) is 13.8. The molecular formula is C40H67NO4Si. The fourth-order valence-electron chi connectivity index (χ4n) is 6.38. The minimum absolute atomic E-state index is 0.200. The van der Waals surface area contributed by atoms with Crippen molar-refractivity contribution in [2.45, 2.75) is 162 Å². The Kier molecular flexibility index (Phi) is 17.6. The summed E-state index contributed by atoms with van der Waals surface area (Å²) in [6.45, 7) is 17.1. The van der Waals surface area contributed by atoms with E-state index in [1.165, 1.54) is 74.6 Å². The molecule has 1 amide bonds. The SMILES string of the molecule is CC(C)CCCCCCCCCCCCC[C@H](O)[C@H](CO[Si](c1ccccc1)(c1ccccc1)C(C)(C)C)NC(=O)OC(C)(C)C. The molecule has 0 spiro atoms. The number of amides is 1. The van der Waals surface area contributed by atoms with Gasteiger partial charge in [0.1, 0.15) is 5.60 Å². The molecule has 0 aliphatic heterocycles. The van der Waals surface area contributed by atoms with Crippen molar-refractivity contribution >= 4 is 24.8 Å². The molecule has 0 unspecified atom stereocenters. The molecule has 0 aliphatic rings. The summed E-state index contributed by atoms with van der Waals surface area (Å²) in [5.74, 6) is 0.829. The number of carbonyl (C=O) groups is 1. The Labute approximate surface area is 283 Å². The molecule has 5 nitrogen and oxygen atoms in total. The summed E-state index contributed by atoms with van der Waals surface area (Å²) < 4.78 is 12.7. The zero-order valence-corrected chi connectivity index (χ0v) is 31.6. The highest BCUT2D eigenvalue weighted by molar-refractivity contribution is 6.99. The van der Waals surface area contributed by atoms with Crippen LogP contribution in [-0.4, -0.2) is 43.9 Å². The van der Waals surface area contributed by atoms with Crippen LogP contribution in [0.3, 0.4) is 0 Å². The Balaban J connectivity index is 2.01. The quantitative estimate of drug-likeness (QED) is 0.104. The number of rotatable bonds is 21. The monoisotopic (exact) mass is 653 g/mol. The van der Waals surface area contributed by atoms with Crippen LogP contribution >= 0.6 is 0 Å². The Hall–Kier alpha value is -2.15. The number of aliphatic hydroxyl groups is 1. The predicted molar refractivity (Wildman–Crippen MR) is 198 cm³/mol. The van der Waals surface area contributed by atoms with Crippen LogP contribution in [-0.2, 0) is 9.16 Å². The number of unbranched alkanes of at least 4 members (excludes halogenated alkanes) is 10. The lowest BCUT2D eigenvalue weighted by atomic mass is 10.0. The average Bonchev–Trinajstić information content (AvgIpc) is 2.98. The van der Waals surface area contributed by atoms with E-state index in [1.54, 1.807) is 0 Å². The summed E-state index contributed by atoms with van der Waals surface area (Å²) in [7, 11) is -2.83. The van der Waals surface area contributed by atoms with Crippen molar-refractivity contribution in [3.05, 3.63) is 60.7 Å². The lowest BCUT2D eigenvalue weighted by Crippen LogP contribution is -2.67. The highest BCUT2D eigenvalue weighted by Gasteiger charge is 2.50. The highest BCUT2D eigenvalue weighted by Crippen LogP contribution is 2.37. The van der Waals surface area contributed by atoms with Gasteiger partial charge in [-0.2, -0.15) is 0 Å². The molecule has 0 saturated heterocycles. The van der Waals surface area contributed by atoms with Gasteiger partial charge in [0.05, 0.1) is 18.8 Å². The molecule has 0 saturated carbocycles. The molecule has 46 heavy (non-hydrogen) atoms. The smallest absolute Gasteiger partial charge is 0.408 e. The second kappa shape index (κ2) is 20.3. The molecule has 0 aliphatic carbocycles. The van der Waals surface area contributed by atoms with Crippen LogP contribution in [0.4, 0.5) is 4.79 Å². The normalized spacial score (nSPS) is 13.9. The van der Waals surface area contributed by atoms with Crippen molar-refractivity contribution < 1.29 is 19.1 Å². The van der Waals surface area contributed by atoms with E-state index >= 15 is 0 Å². The third-order valence-electron chi connectivity index (χ3n) is 8.84. The summed E-state index contributed by atoms with van der Waals surface area (Å²) in [6, 6.07) is 20.4. The summed E-state index contributed by atoms with van der Waals surface area (Å²) in [6.07, 6.45) is 14.6. The van der Waals surface area contributed by atoms with Crippen LogP contribution in [0.5, 0.6) is 0 Å². The first kappa shape index (κ1) is 40.0. The molecule has 2 aromatic rings. The van der Waals surface area contributed by atoms with E-state index in [2.05, 4.69) is 88.5 Å². The van der Waals surface area contributed by atoms with Crippen LogP contribution in [0.1, 0.15) is 139 Å². The molecular weight excluding hydrogens is 587 g/mol. The molecule has 2 N–H and O–H groups in total. The number of aliphatic hydroxyl groups excluding tert-OH is 1. The van der Waals surface area contributed by atoms with Gasteiger partial charge in [-0.1, -0.05) is 172 Å². The number of carbonyl (C=O) groups excluding carboxylic acids is 1. The zero-order chi connectivity index (χ0) is 34.1. The topological polar surface area (TPSA) is 67.8 Å². The number of benzene rings is 2. The predicted octanol–water partition coefficient (Wildman–Crippen LogP) is 9.54. The Morgan fingerprint density at radius 2 is 1.11 bits per heavy atom. The van der Waals surface area contributed by atoms with E-state index in [-0.39, 0.29) is 11.6 Å². The Bertz CT molecular complexity index is 1040. The van der Waals surface area contributed by atoms with E-state index in [9.17, 15) is 9.90 Å². The fourth-order valence-corrected chi connectivity index (χ4v) is 11.0. The van der Waals surface area contributed by atoms with Gasteiger partial charge >= 0.3 is 6.09 Å². The number of nitrogens with one attached hydrogen (secondary N) is 1. The number of hydrogen-bond donors (Lipinski definition) is 2. The summed E-state index contributed by atoms with van der Waals surface area (Å²) in [5, 5.41) is 16.6. The summed E-state index contributed by atoms with van der Waals surface area (Å²) >= 11 is 0. The van der Waals surface area contributed by atoms with Crippen molar-refractivity contribution in [3.63, 3.8) is 0 Å². The largest absolute Gasteiger partial charge is 0.444 e. The number of hydrogen-bond acceptors (Lipinski definition) is 4. The van der Waals surface area contributed by atoms with Crippen LogP contribution < -0.4 is 15.7 Å². The van der Waals surface area contributed by atoms with Crippen LogP contribution in [0.15, 0.2) is 60.7 Å². The maximum Gasteiger partial charge on any atom is 0.408 e. The van der Waals surface area contributed by atoms with Gasteiger partial charge in [-0.05, 0) is 48.5 Å². The molecule has 6 heteroatoms. The minimum Gasteiger partial charge on any atom is -0.444 e. The van der Waals surface area contributed by atoms with Crippen molar-refractivity contribution in [2.24, 2.45) is 5.92 Å². The lowest BCUT2D eigenvalue weighted by Gasteiger charge is -2.44. The third kappa shape index (κ3) is 14.3. The van der Waals surface area contributed by atoms with Gasteiger partial charge in [-0.25, -0.2) is 4.79 Å². The van der Waals surface area contributed by atoms with Gasteiger partial charge in [0.15, 0.2) is 0 Å². The van der Waals surface area contributed by atoms with Gasteiger partial charge in [0.25, 0.3) is 8.32 Å². The first-order valence-electron chi connectivity index (χ1n) is 18.2. The lowest BCUT2D eigenvalue weighted by molar-refractivity contribution is 0.0345. The standard InChI is InChI=1S/C40H67NO4Si/c1-33(2)26-20-16-14-12-10-9-11-13-15-17-25-31-37(42)36(41-38(43)45-39(3,4)5)32-44-46(40(6,7)8,34-27-21-18-22-28-34)35-29-23-19-24-30-35/h18-19,21-24,27-30,33,36-37,42H,9-17,20,25-26,31-32H2,1-8H3,(H,41,43)/t36-,37-/m0/s1. The maximum atomic E-state index is 12.9. The molecule has 0 aromatic heterocycles. The molecule has 2 aromatic carbocycles. The Morgan fingerprint density at radius 3 is 1.50 bits per heavy atom. The van der Waals surface area contributed by atoms with Gasteiger partial charge in [0.2, 0.25) is 0 Å². The van der Waals surface area contributed by atoms with E-state index < -0.39 is 32.2 Å². The van der Waals surface area contributed by atoms with Gasteiger partial charge in [-0.15, -0.1) is 0 Å². The molecule has 260 valence electrons. The molecule has 0 radical (unpaired) electrons. The Morgan fingerprint density at radius 1 is 0.696 bits per heavy atom. The van der Waals surface area contributed by atoms with E-state index in [4.69, 9.17) is 9.16 Å². The van der Waals surface area contributed by atoms with Gasteiger partial charge in [-0.3, -0.25) is 0 Å². The molecule has 0 bridgehead atoms. The zero-order valence-electron chi connectivity index (χ0n) is 30.6. The van der Waals surface area contributed by atoms with E-state index in [1.807, 2.05) is 32.9 Å². The average molecular weight is 654 g/mol. The number of alkyl carbamates (subject to hydrolysis) is 1. The van der Waals surface area contributed by atoms with Gasteiger partial charge in [0, 0.05) is 0 Å². The van der Waals surface area contributed by atoms with Crippen molar-refractivity contribution in [3.8, 4) is 0 Å². The number of ether oxygens (including phenoxy) is 1. The fraction of sp³-hybridized carbons (Fsp3) is 0.675. The highest BCUT2D eigenvalue weighted by atomic mass is 28.4.